The van der Waals surface area contributed by atoms with Gasteiger partial charge in [-0.3, -0.25) is 15.0 Å². The fourth-order valence-electron chi connectivity index (χ4n) is 4.71. The number of hydrogen-bond donors (Lipinski definition) is 8. The Balaban J connectivity index is 2.27. The fraction of sp³-hybridized carbons (Fsp3) is 0.516. The highest BCUT2D eigenvalue weighted by atomic mass is 16.5. The maximum atomic E-state index is 13.8. The molecule has 0 bridgehead atoms. The number of aryl methyl sites for hydroxylation is 3. The van der Waals surface area contributed by atoms with E-state index < -0.39 is 29.9 Å². The number of guanidine groups is 1. The molecule has 2 aromatic rings. The SMILES string of the molecule is C=C/C(C)=C\CCc1noc([C@@H](CCCCN)NC(=O)[C@H](Cc2c(C)cc(O)cc2C)NC(=O)[C@H](N)CCCNC(=N)N)n1. The van der Waals surface area contributed by atoms with E-state index in [4.69, 9.17) is 27.1 Å². The third-order valence-electron chi connectivity index (χ3n) is 7.27. The lowest BCUT2D eigenvalue weighted by Gasteiger charge is -2.24. The number of nitrogens with one attached hydrogen (secondary N) is 4. The summed E-state index contributed by atoms with van der Waals surface area (Å²) in [5.41, 5.74) is 20.6. The number of amides is 2. The van der Waals surface area contributed by atoms with Gasteiger partial charge in [-0.15, -0.1) is 0 Å². The molecule has 1 heterocycles. The highest BCUT2D eigenvalue weighted by Crippen LogP contribution is 2.23. The van der Waals surface area contributed by atoms with Crippen LogP contribution in [0.25, 0.3) is 0 Å². The van der Waals surface area contributed by atoms with E-state index in [9.17, 15) is 14.7 Å². The molecular weight excluding hydrogens is 562 g/mol. The molecule has 0 aliphatic heterocycles. The average molecular weight is 612 g/mol. The number of rotatable bonds is 19. The van der Waals surface area contributed by atoms with Gasteiger partial charge in [-0.05, 0) is 94.7 Å². The van der Waals surface area contributed by atoms with Gasteiger partial charge in [0.05, 0.1) is 6.04 Å². The number of aromatic nitrogens is 2. The smallest absolute Gasteiger partial charge is 0.249 e. The van der Waals surface area contributed by atoms with Crippen molar-refractivity contribution in [1.29, 1.82) is 5.41 Å². The maximum absolute atomic E-state index is 13.8. The Hall–Kier alpha value is -4.23. The van der Waals surface area contributed by atoms with Gasteiger partial charge < -0.3 is 42.8 Å². The quantitative estimate of drug-likeness (QED) is 0.0498. The Labute approximate surface area is 259 Å². The minimum absolute atomic E-state index is 0.122. The number of phenolic OH excluding ortho intramolecular Hbond substituents is 1. The van der Waals surface area contributed by atoms with Gasteiger partial charge in [-0.25, -0.2) is 0 Å². The van der Waals surface area contributed by atoms with Crippen LogP contribution in [0.2, 0.25) is 0 Å². The lowest BCUT2D eigenvalue weighted by Crippen LogP contribution is -2.53. The second-order valence-corrected chi connectivity index (χ2v) is 11.0. The molecule has 2 rings (SSSR count). The van der Waals surface area contributed by atoms with Crippen molar-refractivity contribution < 1.29 is 19.2 Å². The van der Waals surface area contributed by atoms with Crippen LogP contribution >= 0.6 is 0 Å². The summed E-state index contributed by atoms with van der Waals surface area (Å²) in [6.45, 7) is 10.3. The standard InChI is InChI=1S/C31H49N9O4/c1-5-19(2)10-8-13-27-39-30(44-40-27)25(12-6-7-14-32)37-29(43)26(18-23-20(3)16-22(41)17-21(23)4)38-28(42)24(33)11-9-15-36-31(34)35/h5,10,16-17,24-26,41H,1,6-9,11-15,18,32-33H2,2-4H3,(H,37,43)(H,38,42)(H4,34,35,36)/b19-10-/t24-,25-,26+/m1/s1. The molecule has 1 aromatic heterocycles. The zero-order chi connectivity index (χ0) is 32.6. The first-order chi connectivity index (χ1) is 20.9. The zero-order valence-corrected chi connectivity index (χ0v) is 26.1. The number of benzene rings is 1. The van der Waals surface area contributed by atoms with E-state index in [2.05, 4.69) is 32.7 Å². The Morgan fingerprint density at radius 2 is 1.84 bits per heavy atom. The van der Waals surface area contributed by atoms with Gasteiger partial charge in [-0.2, -0.15) is 4.98 Å². The number of nitrogens with zero attached hydrogens (tertiary/aromatic N) is 2. The molecule has 3 atom stereocenters. The van der Waals surface area contributed by atoms with Gasteiger partial charge in [0, 0.05) is 19.4 Å². The molecule has 0 fully saturated rings. The second-order valence-electron chi connectivity index (χ2n) is 11.0. The van der Waals surface area contributed by atoms with E-state index in [1.165, 1.54) is 0 Å². The zero-order valence-electron chi connectivity index (χ0n) is 26.1. The van der Waals surface area contributed by atoms with Gasteiger partial charge in [0.2, 0.25) is 17.7 Å². The number of aromatic hydroxyl groups is 1. The van der Waals surface area contributed by atoms with Crippen molar-refractivity contribution in [1.82, 2.24) is 26.1 Å². The molecule has 0 saturated heterocycles. The molecule has 1 aromatic carbocycles. The average Bonchev–Trinajstić information content (AvgIpc) is 3.44. The van der Waals surface area contributed by atoms with Crippen LogP contribution in [0, 0.1) is 19.3 Å². The monoisotopic (exact) mass is 611 g/mol. The van der Waals surface area contributed by atoms with Crippen molar-refractivity contribution in [2.45, 2.75) is 90.3 Å². The predicted octanol–water partition coefficient (Wildman–Crippen LogP) is 2.06. The van der Waals surface area contributed by atoms with Crippen molar-refractivity contribution in [3.8, 4) is 5.75 Å². The van der Waals surface area contributed by atoms with Crippen LogP contribution in [0.4, 0.5) is 0 Å². The third kappa shape index (κ3) is 12.2. The van der Waals surface area contributed by atoms with Gasteiger partial charge in [0.25, 0.3) is 0 Å². The molecule has 0 aliphatic carbocycles. The summed E-state index contributed by atoms with van der Waals surface area (Å²) in [5.74, 6) is -0.142. The first-order valence-corrected chi connectivity index (χ1v) is 15.0. The third-order valence-corrected chi connectivity index (χ3v) is 7.27. The van der Waals surface area contributed by atoms with Crippen LogP contribution < -0.4 is 33.2 Å². The van der Waals surface area contributed by atoms with Crippen LogP contribution in [0.3, 0.4) is 0 Å². The number of carbonyl (C=O) groups is 2. The highest BCUT2D eigenvalue weighted by Gasteiger charge is 2.29. The van der Waals surface area contributed by atoms with Crippen LogP contribution in [-0.4, -0.2) is 58.2 Å². The van der Waals surface area contributed by atoms with Crippen LogP contribution in [0.5, 0.6) is 5.75 Å². The largest absolute Gasteiger partial charge is 0.508 e. The predicted molar refractivity (Wildman–Crippen MR) is 171 cm³/mol. The number of unbranched alkanes of at least 4 members (excludes halogenated alkanes) is 1. The van der Waals surface area contributed by atoms with Gasteiger partial charge in [0.15, 0.2) is 11.8 Å². The van der Waals surface area contributed by atoms with E-state index in [-0.39, 0.29) is 24.0 Å². The Kier molecular flexibility index (Phi) is 15.1. The molecule has 2 amide bonds. The van der Waals surface area contributed by atoms with Crippen LogP contribution in [0.15, 0.2) is 41.0 Å². The van der Waals surface area contributed by atoms with E-state index in [0.717, 1.165) is 28.7 Å². The minimum Gasteiger partial charge on any atom is -0.508 e. The minimum atomic E-state index is -0.975. The van der Waals surface area contributed by atoms with Crippen LogP contribution in [0.1, 0.15) is 79.9 Å². The fourth-order valence-corrected chi connectivity index (χ4v) is 4.71. The summed E-state index contributed by atoms with van der Waals surface area (Å²) in [4.78, 5) is 31.5. The van der Waals surface area contributed by atoms with E-state index in [1.807, 2.05) is 26.8 Å². The molecule has 0 unspecified atom stereocenters. The number of nitrogens with two attached hydrogens (primary N) is 3. The molecule has 0 radical (unpaired) electrons. The molecule has 13 nitrogen and oxygen atoms in total. The van der Waals surface area contributed by atoms with Gasteiger partial charge >= 0.3 is 0 Å². The summed E-state index contributed by atoms with van der Waals surface area (Å²) in [6.07, 6.45) is 8.08. The summed E-state index contributed by atoms with van der Waals surface area (Å²) >= 11 is 0. The number of hydrogen-bond acceptors (Lipinski definition) is 9. The summed E-state index contributed by atoms with van der Waals surface area (Å²) in [6, 6.07) is 0.798. The maximum Gasteiger partial charge on any atom is 0.249 e. The number of allylic oxidation sites excluding steroid dienone is 3. The van der Waals surface area contributed by atoms with Crippen molar-refractivity contribution in [2.24, 2.45) is 17.2 Å². The van der Waals surface area contributed by atoms with Gasteiger partial charge in [0.1, 0.15) is 17.8 Å². The molecule has 0 aliphatic rings. The van der Waals surface area contributed by atoms with Crippen molar-refractivity contribution in [3.05, 3.63) is 64.8 Å². The molecule has 0 saturated carbocycles. The topological polar surface area (TPSA) is 231 Å². The molecule has 11 N–H and O–H groups in total. The van der Waals surface area contributed by atoms with E-state index in [1.54, 1.807) is 18.2 Å². The second kappa shape index (κ2) is 18.4. The lowest BCUT2D eigenvalue weighted by atomic mass is 9.95. The highest BCUT2D eigenvalue weighted by molar-refractivity contribution is 5.90. The summed E-state index contributed by atoms with van der Waals surface area (Å²) in [7, 11) is 0. The van der Waals surface area contributed by atoms with Gasteiger partial charge in [-0.1, -0.05) is 29.5 Å². The Bertz CT molecular complexity index is 1270. The molecule has 44 heavy (non-hydrogen) atoms. The van der Waals surface area contributed by atoms with E-state index >= 15 is 0 Å². The normalized spacial score (nSPS) is 13.5. The Morgan fingerprint density at radius 1 is 1.14 bits per heavy atom. The van der Waals surface area contributed by atoms with Crippen LogP contribution in [-0.2, 0) is 22.4 Å². The molecule has 242 valence electrons. The molecular formula is C31H49N9O4. The van der Waals surface area contributed by atoms with Crippen molar-refractivity contribution >= 4 is 17.8 Å². The Morgan fingerprint density at radius 3 is 2.48 bits per heavy atom. The summed E-state index contributed by atoms with van der Waals surface area (Å²) < 4.78 is 5.57. The summed E-state index contributed by atoms with van der Waals surface area (Å²) in [5, 5.41) is 29.9. The molecule has 0 spiro atoms. The number of phenols is 1. The first kappa shape index (κ1) is 36.0. The first-order valence-electron chi connectivity index (χ1n) is 15.0. The van der Waals surface area contributed by atoms with Crippen molar-refractivity contribution in [2.75, 3.05) is 13.1 Å². The van der Waals surface area contributed by atoms with E-state index in [0.29, 0.717) is 57.4 Å². The molecule has 13 heteroatoms. The lowest BCUT2D eigenvalue weighted by molar-refractivity contribution is -0.130. The van der Waals surface area contributed by atoms with Crippen molar-refractivity contribution in [3.63, 3.8) is 0 Å². The number of carbonyl (C=O) groups excluding carboxylic acids is 2.